The van der Waals surface area contributed by atoms with Crippen molar-refractivity contribution in [2.45, 2.75) is 0 Å². The molecule has 4 rings (SSSR count). The Hall–Kier alpha value is -2.91. The summed E-state index contributed by atoms with van der Waals surface area (Å²) in [6.07, 6.45) is 0. The van der Waals surface area contributed by atoms with Crippen LogP contribution in [0.2, 0.25) is 0 Å². The highest BCUT2D eigenvalue weighted by molar-refractivity contribution is 7.16. The minimum Gasteiger partial charge on any atom is -0.369 e. The summed E-state index contributed by atoms with van der Waals surface area (Å²) in [6.45, 7) is 0. The summed E-state index contributed by atoms with van der Waals surface area (Å²) in [6, 6.07) is 13.4. The first-order valence-corrected chi connectivity index (χ1v) is 7.16. The van der Waals surface area contributed by atoms with Gasteiger partial charge in [0.25, 0.3) is 0 Å². The molecule has 0 fully saturated rings. The van der Waals surface area contributed by atoms with Gasteiger partial charge in [0.15, 0.2) is 0 Å². The molecule has 0 saturated carbocycles. The molecule has 0 unspecified atom stereocenters. The molecule has 0 aliphatic heterocycles. The van der Waals surface area contributed by atoms with Crippen molar-refractivity contribution in [1.29, 1.82) is 5.26 Å². The van der Waals surface area contributed by atoms with E-state index < -0.39 is 0 Å². The lowest BCUT2D eigenvalue weighted by Gasteiger charge is -2.06. The molecule has 21 heavy (non-hydrogen) atoms. The van der Waals surface area contributed by atoms with E-state index in [1.807, 2.05) is 34.3 Å². The Morgan fingerprint density at radius 3 is 2.86 bits per heavy atom. The molecule has 0 atom stereocenters. The van der Waals surface area contributed by atoms with Crippen LogP contribution in [0.1, 0.15) is 5.56 Å². The van der Waals surface area contributed by atoms with E-state index in [0.29, 0.717) is 11.5 Å². The summed E-state index contributed by atoms with van der Waals surface area (Å²) in [5, 5.41) is 9.06. The van der Waals surface area contributed by atoms with Crippen LogP contribution in [0.4, 0.5) is 5.95 Å². The summed E-state index contributed by atoms with van der Waals surface area (Å²) < 4.78 is 2.94. The molecular formula is C15H9N5S. The highest BCUT2D eigenvalue weighted by atomic mass is 32.1. The Balaban J connectivity index is 2.04. The van der Waals surface area contributed by atoms with E-state index in [-0.39, 0.29) is 0 Å². The first-order chi connectivity index (χ1) is 10.3. The zero-order valence-corrected chi connectivity index (χ0v) is 11.6. The number of nitrogen functional groups attached to an aromatic ring is 1. The van der Waals surface area contributed by atoms with Crippen molar-refractivity contribution < 1.29 is 0 Å². The van der Waals surface area contributed by atoms with Crippen LogP contribution >= 0.6 is 11.3 Å². The highest BCUT2D eigenvalue weighted by Crippen LogP contribution is 2.27. The van der Waals surface area contributed by atoms with E-state index in [1.54, 1.807) is 23.5 Å². The molecule has 4 aromatic rings. The topological polar surface area (TPSA) is 80.5 Å². The smallest absolute Gasteiger partial charge is 0.205 e. The largest absolute Gasteiger partial charge is 0.369 e. The lowest BCUT2D eigenvalue weighted by molar-refractivity contribution is 1.11. The third-order valence-corrected chi connectivity index (χ3v) is 4.17. The van der Waals surface area contributed by atoms with Gasteiger partial charge in [0.2, 0.25) is 5.95 Å². The second kappa shape index (κ2) is 4.30. The van der Waals surface area contributed by atoms with Crippen LogP contribution in [0.3, 0.4) is 0 Å². The number of nitriles is 1. The van der Waals surface area contributed by atoms with Crippen LogP contribution in [0.5, 0.6) is 0 Å². The highest BCUT2D eigenvalue weighted by Gasteiger charge is 2.11. The fourth-order valence-electron chi connectivity index (χ4n) is 2.42. The van der Waals surface area contributed by atoms with Crippen LogP contribution in [0.25, 0.3) is 26.9 Å². The van der Waals surface area contributed by atoms with E-state index in [4.69, 9.17) is 11.0 Å². The van der Waals surface area contributed by atoms with Gasteiger partial charge in [-0.3, -0.25) is 4.57 Å². The quantitative estimate of drug-likeness (QED) is 0.584. The van der Waals surface area contributed by atoms with Gasteiger partial charge >= 0.3 is 0 Å². The molecule has 0 radical (unpaired) electrons. The van der Waals surface area contributed by atoms with Crippen molar-refractivity contribution in [2.24, 2.45) is 0 Å². The lowest BCUT2D eigenvalue weighted by atomic mass is 10.2. The van der Waals surface area contributed by atoms with Gasteiger partial charge in [-0.1, -0.05) is 0 Å². The molecule has 0 spiro atoms. The number of anilines is 1. The van der Waals surface area contributed by atoms with Gasteiger partial charge in [0.05, 0.1) is 44.1 Å². The predicted molar refractivity (Wildman–Crippen MR) is 83.4 cm³/mol. The van der Waals surface area contributed by atoms with E-state index in [0.717, 1.165) is 26.9 Å². The number of aromatic nitrogens is 3. The second-order valence-electron chi connectivity index (χ2n) is 4.63. The van der Waals surface area contributed by atoms with Crippen LogP contribution in [-0.4, -0.2) is 14.5 Å². The van der Waals surface area contributed by atoms with Gasteiger partial charge in [-0.2, -0.15) is 5.26 Å². The molecule has 5 nitrogen and oxygen atoms in total. The number of nitrogens with two attached hydrogens (primary N) is 1. The number of benzene rings is 2. The minimum absolute atomic E-state index is 0.406. The molecule has 0 aliphatic rings. The predicted octanol–water partition coefficient (Wildman–Crippen LogP) is 3.09. The maximum atomic E-state index is 9.06. The summed E-state index contributed by atoms with van der Waals surface area (Å²) >= 11 is 1.58. The Kier molecular flexibility index (Phi) is 2.43. The van der Waals surface area contributed by atoms with Crippen molar-refractivity contribution in [2.75, 3.05) is 5.73 Å². The fraction of sp³-hybridized carbons (Fsp3) is 0. The molecule has 2 heterocycles. The maximum absolute atomic E-state index is 9.06. The van der Waals surface area contributed by atoms with Crippen LogP contribution in [-0.2, 0) is 0 Å². The van der Waals surface area contributed by atoms with Crippen LogP contribution < -0.4 is 5.73 Å². The molecule has 6 heteroatoms. The molecular weight excluding hydrogens is 282 g/mol. The molecule has 0 aliphatic carbocycles. The first kappa shape index (κ1) is 11.9. The molecule has 0 saturated heterocycles. The number of nitrogens with zero attached hydrogens (tertiary/aromatic N) is 4. The zero-order valence-electron chi connectivity index (χ0n) is 10.8. The van der Waals surface area contributed by atoms with Gasteiger partial charge in [0.1, 0.15) is 0 Å². The Morgan fingerprint density at radius 2 is 2.00 bits per heavy atom. The van der Waals surface area contributed by atoms with E-state index in [9.17, 15) is 0 Å². The third-order valence-electron chi connectivity index (χ3n) is 3.38. The average molecular weight is 291 g/mol. The molecule has 0 amide bonds. The summed E-state index contributed by atoms with van der Waals surface area (Å²) in [5.41, 5.74) is 11.9. The van der Waals surface area contributed by atoms with E-state index >= 15 is 0 Å². The molecule has 100 valence electrons. The number of imidazole rings is 1. The van der Waals surface area contributed by atoms with Gasteiger partial charge < -0.3 is 5.73 Å². The molecule has 2 N–H and O–H groups in total. The van der Waals surface area contributed by atoms with Crippen molar-refractivity contribution >= 4 is 38.5 Å². The first-order valence-electron chi connectivity index (χ1n) is 6.28. The summed E-state index contributed by atoms with van der Waals surface area (Å²) in [7, 11) is 0. The normalized spacial score (nSPS) is 11.0. The van der Waals surface area contributed by atoms with Crippen LogP contribution in [0.15, 0.2) is 41.9 Å². The van der Waals surface area contributed by atoms with Gasteiger partial charge in [0, 0.05) is 0 Å². The third kappa shape index (κ3) is 1.75. The molecule has 0 bridgehead atoms. The Morgan fingerprint density at radius 1 is 1.14 bits per heavy atom. The number of thiazole rings is 1. The zero-order chi connectivity index (χ0) is 14.4. The second-order valence-corrected chi connectivity index (χ2v) is 5.51. The Labute approximate surface area is 123 Å². The SMILES string of the molecule is N#Cc1ccc2nc(N)n(-c3ccc4ncsc4c3)c2c1. The average Bonchev–Trinajstić information content (AvgIpc) is 3.08. The van der Waals surface area contributed by atoms with Crippen molar-refractivity contribution in [3.63, 3.8) is 0 Å². The van der Waals surface area contributed by atoms with Gasteiger partial charge in [-0.25, -0.2) is 9.97 Å². The van der Waals surface area contributed by atoms with Crippen molar-refractivity contribution in [3.05, 3.63) is 47.5 Å². The summed E-state index contributed by atoms with van der Waals surface area (Å²) in [5.74, 6) is 0.406. The number of hydrogen-bond donors (Lipinski definition) is 1. The van der Waals surface area contributed by atoms with Crippen LogP contribution in [0, 0.1) is 11.3 Å². The molecule has 2 aromatic heterocycles. The van der Waals surface area contributed by atoms with Gasteiger partial charge in [-0.05, 0) is 36.4 Å². The van der Waals surface area contributed by atoms with Crippen molar-refractivity contribution in [1.82, 2.24) is 14.5 Å². The molecule has 2 aromatic carbocycles. The number of rotatable bonds is 1. The standard InChI is InChI=1S/C15H9N5S/c16-7-9-1-3-11-13(5-9)20(15(17)19-11)10-2-4-12-14(6-10)21-8-18-12/h1-6,8H,(H2,17,19). The number of fused-ring (bicyclic) bond motifs is 2. The van der Waals surface area contributed by atoms with Gasteiger partial charge in [-0.15, -0.1) is 11.3 Å². The number of hydrogen-bond acceptors (Lipinski definition) is 5. The van der Waals surface area contributed by atoms with E-state index in [1.165, 1.54) is 0 Å². The fourth-order valence-corrected chi connectivity index (χ4v) is 3.13. The minimum atomic E-state index is 0.406. The van der Waals surface area contributed by atoms with Crippen molar-refractivity contribution in [3.8, 4) is 11.8 Å². The monoisotopic (exact) mass is 291 g/mol. The maximum Gasteiger partial charge on any atom is 0.205 e. The summed E-state index contributed by atoms with van der Waals surface area (Å²) in [4.78, 5) is 8.62. The van der Waals surface area contributed by atoms with E-state index in [2.05, 4.69) is 16.0 Å². The Bertz CT molecular complexity index is 1020. The lowest BCUT2D eigenvalue weighted by Crippen LogP contribution is -2.00.